The maximum Gasteiger partial charge on any atom is 0.226 e. The average molecular weight is 479 g/mol. The molecule has 2 aromatic carbocycles. The maximum absolute atomic E-state index is 13.3. The van der Waals surface area contributed by atoms with Crippen LogP contribution in [0, 0.1) is 5.92 Å². The number of benzene rings is 2. The van der Waals surface area contributed by atoms with E-state index in [1.54, 1.807) is 6.33 Å². The second kappa shape index (κ2) is 8.23. The Bertz CT molecular complexity index is 1330. The van der Waals surface area contributed by atoms with Crippen LogP contribution in [0.25, 0.3) is 22.0 Å². The summed E-state index contributed by atoms with van der Waals surface area (Å²) in [6.45, 7) is 0.793. The van der Waals surface area contributed by atoms with Crippen molar-refractivity contribution in [1.82, 2.24) is 19.9 Å². The molecule has 1 fully saturated rings. The van der Waals surface area contributed by atoms with Gasteiger partial charge in [-0.1, -0.05) is 29.3 Å². The van der Waals surface area contributed by atoms with E-state index in [4.69, 9.17) is 23.2 Å². The first-order chi connectivity index (χ1) is 16.1. The van der Waals surface area contributed by atoms with E-state index in [0.29, 0.717) is 16.5 Å². The van der Waals surface area contributed by atoms with Crippen molar-refractivity contribution in [2.45, 2.75) is 38.1 Å². The molecule has 0 bridgehead atoms. The average Bonchev–Trinajstić information content (AvgIpc) is 3.55. The first-order valence-corrected chi connectivity index (χ1v) is 12.2. The van der Waals surface area contributed by atoms with Gasteiger partial charge in [-0.05, 0) is 78.1 Å². The Labute approximate surface area is 202 Å². The summed E-state index contributed by atoms with van der Waals surface area (Å²) in [6, 6.07) is 12.5. The molecule has 2 N–H and O–H groups in total. The number of hydrogen-bond acceptors (Lipinski definition) is 2. The minimum absolute atomic E-state index is 0.0785. The zero-order valence-corrected chi connectivity index (χ0v) is 19.6. The molecule has 4 aromatic rings. The normalized spacial score (nSPS) is 20.5. The second-order valence-corrected chi connectivity index (χ2v) is 9.96. The lowest BCUT2D eigenvalue weighted by molar-refractivity contribution is -0.133. The number of H-pyrrole nitrogens is 2. The van der Waals surface area contributed by atoms with Gasteiger partial charge >= 0.3 is 0 Å². The fraction of sp³-hybridized carbons (Fsp3) is 0.308. The van der Waals surface area contributed by atoms with Crippen LogP contribution in [0.1, 0.15) is 29.8 Å². The van der Waals surface area contributed by atoms with Gasteiger partial charge in [0.15, 0.2) is 0 Å². The second-order valence-electron chi connectivity index (χ2n) is 9.14. The summed E-state index contributed by atoms with van der Waals surface area (Å²) in [7, 11) is 0. The van der Waals surface area contributed by atoms with Gasteiger partial charge in [-0.25, -0.2) is 4.98 Å². The van der Waals surface area contributed by atoms with Gasteiger partial charge in [-0.15, -0.1) is 0 Å². The Balaban J connectivity index is 1.20. The predicted molar refractivity (Wildman–Crippen MR) is 132 cm³/mol. The van der Waals surface area contributed by atoms with Crippen molar-refractivity contribution in [1.29, 1.82) is 0 Å². The molecule has 3 heterocycles. The van der Waals surface area contributed by atoms with Gasteiger partial charge in [0, 0.05) is 52.4 Å². The van der Waals surface area contributed by atoms with Gasteiger partial charge in [0.1, 0.15) is 0 Å². The molecule has 1 aliphatic carbocycles. The highest BCUT2D eigenvalue weighted by atomic mass is 35.5. The number of aromatic nitrogens is 3. The van der Waals surface area contributed by atoms with Gasteiger partial charge in [-0.2, -0.15) is 0 Å². The Kier molecular flexibility index (Phi) is 5.19. The molecular weight excluding hydrogens is 455 g/mol. The highest BCUT2D eigenvalue weighted by molar-refractivity contribution is 6.36. The van der Waals surface area contributed by atoms with Crippen LogP contribution in [0.3, 0.4) is 0 Å². The fourth-order valence-corrected chi connectivity index (χ4v) is 6.05. The van der Waals surface area contributed by atoms with E-state index in [9.17, 15) is 4.79 Å². The summed E-state index contributed by atoms with van der Waals surface area (Å²) < 4.78 is 0. The topological polar surface area (TPSA) is 64.8 Å². The number of nitrogens with one attached hydrogen (secondary N) is 2. The number of hydrogen-bond donors (Lipinski definition) is 2. The third kappa shape index (κ3) is 3.73. The molecule has 0 radical (unpaired) electrons. The molecule has 1 unspecified atom stereocenters. The zero-order valence-electron chi connectivity index (χ0n) is 18.1. The van der Waals surface area contributed by atoms with E-state index < -0.39 is 0 Å². The van der Waals surface area contributed by atoms with Crippen LogP contribution in [0.4, 0.5) is 0 Å². The van der Waals surface area contributed by atoms with E-state index in [-0.39, 0.29) is 17.9 Å². The zero-order chi connectivity index (χ0) is 22.5. The van der Waals surface area contributed by atoms with Crippen molar-refractivity contribution in [2.24, 2.45) is 5.92 Å². The number of aromatic amines is 2. The molecule has 7 heteroatoms. The van der Waals surface area contributed by atoms with Crippen LogP contribution >= 0.6 is 23.2 Å². The third-order valence-electron chi connectivity index (χ3n) is 7.23. The number of halogens is 2. The molecule has 2 aromatic heterocycles. The van der Waals surface area contributed by atoms with Gasteiger partial charge in [0.05, 0.1) is 12.0 Å². The quantitative estimate of drug-likeness (QED) is 0.388. The number of likely N-dealkylation sites (tertiary alicyclic amines) is 1. The minimum atomic E-state index is -0.0785. The molecule has 1 amide bonds. The summed E-state index contributed by atoms with van der Waals surface area (Å²) >= 11 is 13.4. The predicted octanol–water partition coefficient (Wildman–Crippen LogP) is 5.81. The molecule has 6 rings (SSSR count). The third-order valence-corrected chi connectivity index (χ3v) is 7.91. The molecule has 5 nitrogen and oxygen atoms in total. The lowest BCUT2D eigenvalue weighted by Crippen LogP contribution is -2.41. The Morgan fingerprint density at radius 1 is 1.03 bits per heavy atom. The number of amides is 1. The van der Waals surface area contributed by atoms with Crippen LogP contribution in [-0.4, -0.2) is 38.3 Å². The smallest absolute Gasteiger partial charge is 0.226 e. The number of aryl methyl sites for hydroxylation is 1. The van der Waals surface area contributed by atoms with Crippen molar-refractivity contribution >= 4 is 40.0 Å². The number of carbonyl (C=O) groups excluding carboxylic acids is 1. The Morgan fingerprint density at radius 2 is 1.88 bits per heavy atom. The van der Waals surface area contributed by atoms with Crippen LogP contribution in [-0.2, 0) is 24.1 Å². The van der Waals surface area contributed by atoms with Crippen molar-refractivity contribution in [2.75, 3.05) is 6.54 Å². The minimum Gasteiger partial charge on any atom is -0.361 e. The molecular formula is C26H24Cl2N4O. The number of imidazole rings is 1. The standard InChI is InChI=1S/C26H24Cl2N4O/c27-21-11-18(15-1-3-23-16(9-15)5-7-29-23)12-22(28)20(21)10-17-6-8-32(26(17)33)19-2-4-24-25(13-19)31-14-30-24/h1,3,5,7,9,11-12,14,17,19,29H,2,4,6,8,10,13H2,(H,30,31)/t17?,19-/m1/s1. The first kappa shape index (κ1) is 20.8. The highest BCUT2D eigenvalue weighted by Crippen LogP contribution is 2.37. The van der Waals surface area contributed by atoms with E-state index in [2.05, 4.69) is 38.1 Å². The number of nitrogens with zero attached hydrogens (tertiary/aromatic N) is 2. The van der Waals surface area contributed by atoms with Gasteiger partial charge in [0.2, 0.25) is 5.91 Å². The Morgan fingerprint density at radius 3 is 2.73 bits per heavy atom. The van der Waals surface area contributed by atoms with E-state index in [1.165, 1.54) is 5.69 Å². The molecule has 2 aliphatic rings. The van der Waals surface area contributed by atoms with Crippen molar-refractivity contribution in [3.8, 4) is 11.1 Å². The number of fused-ring (bicyclic) bond motifs is 2. The van der Waals surface area contributed by atoms with Crippen molar-refractivity contribution < 1.29 is 4.79 Å². The molecule has 2 atom stereocenters. The van der Waals surface area contributed by atoms with Crippen molar-refractivity contribution in [3.05, 3.63) is 75.9 Å². The summed E-state index contributed by atoms with van der Waals surface area (Å²) in [5.41, 5.74) is 6.32. The monoisotopic (exact) mass is 478 g/mol. The lowest BCUT2D eigenvalue weighted by atomic mass is 9.94. The largest absolute Gasteiger partial charge is 0.361 e. The lowest BCUT2D eigenvalue weighted by Gasteiger charge is -2.31. The SMILES string of the molecule is O=C1C(Cc2c(Cl)cc(-c3ccc4[nH]ccc4c3)cc2Cl)CCN1[C@@H]1CCc2nc[nH]c2C1. The van der Waals surface area contributed by atoms with Crippen LogP contribution in [0.2, 0.25) is 10.0 Å². The summed E-state index contributed by atoms with van der Waals surface area (Å²) in [4.78, 5) is 26.2. The molecule has 1 saturated heterocycles. The number of carbonyl (C=O) groups is 1. The fourth-order valence-electron chi connectivity index (χ4n) is 5.41. The van der Waals surface area contributed by atoms with E-state index >= 15 is 0 Å². The summed E-state index contributed by atoms with van der Waals surface area (Å²) in [6.07, 6.45) is 7.85. The van der Waals surface area contributed by atoms with E-state index in [1.807, 2.05) is 24.4 Å². The maximum atomic E-state index is 13.3. The molecule has 0 saturated carbocycles. The van der Waals surface area contributed by atoms with Crippen molar-refractivity contribution in [3.63, 3.8) is 0 Å². The molecule has 1 aliphatic heterocycles. The van der Waals surface area contributed by atoms with Gasteiger partial charge in [0.25, 0.3) is 0 Å². The first-order valence-electron chi connectivity index (χ1n) is 11.4. The Hall–Kier alpha value is -2.76. The molecule has 168 valence electrons. The summed E-state index contributed by atoms with van der Waals surface area (Å²) in [5.74, 6) is 0.141. The van der Waals surface area contributed by atoms with Crippen LogP contribution in [0.15, 0.2) is 48.9 Å². The highest BCUT2D eigenvalue weighted by Gasteiger charge is 2.38. The van der Waals surface area contributed by atoms with Crippen LogP contribution in [0.5, 0.6) is 0 Å². The molecule has 33 heavy (non-hydrogen) atoms. The summed E-state index contributed by atoms with van der Waals surface area (Å²) in [5, 5.41) is 2.39. The molecule has 0 spiro atoms. The van der Waals surface area contributed by atoms with Gasteiger partial charge in [-0.3, -0.25) is 4.79 Å². The number of rotatable bonds is 4. The van der Waals surface area contributed by atoms with E-state index in [0.717, 1.165) is 65.5 Å². The van der Waals surface area contributed by atoms with Gasteiger partial charge < -0.3 is 14.9 Å². The van der Waals surface area contributed by atoms with Crippen LogP contribution < -0.4 is 0 Å².